The summed E-state index contributed by atoms with van der Waals surface area (Å²) in [5.74, 6) is 0. The van der Waals surface area contributed by atoms with E-state index in [-0.39, 0.29) is 0 Å². The van der Waals surface area contributed by atoms with Crippen LogP contribution in [0.1, 0.15) is 0 Å². The number of rotatable bonds is 0. The number of pyridine rings is 2. The zero-order chi connectivity index (χ0) is 11.2. The first-order valence-corrected chi connectivity index (χ1v) is 5.59. The van der Waals surface area contributed by atoms with Gasteiger partial charge in [-0.15, -0.1) is 0 Å². The van der Waals surface area contributed by atoms with Gasteiger partial charge in [0.1, 0.15) is 0 Å². The Hall–Kier alpha value is -2.35. The maximum Gasteiger partial charge on any atom is 0.0964 e. The zero-order valence-electron chi connectivity index (χ0n) is 9.09. The third kappa shape index (κ3) is 1.18. The minimum atomic E-state index is 0.928. The average Bonchev–Trinajstić information content (AvgIpc) is 2.73. The van der Waals surface area contributed by atoms with Crippen molar-refractivity contribution in [3.63, 3.8) is 0 Å². The van der Waals surface area contributed by atoms with Gasteiger partial charge < -0.3 is 4.40 Å². The van der Waals surface area contributed by atoms with Crippen LogP contribution in [-0.2, 0) is 0 Å². The maximum atomic E-state index is 4.69. The van der Waals surface area contributed by atoms with Gasteiger partial charge in [0, 0.05) is 29.2 Å². The van der Waals surface area contributed by atoms with Gasteiger partial charge in [0.05, 0.1) is 16.6 Å². The topological polar surface area (TPSA) is 17.3 Å². The van der Waals surface area contributed by atoms with E-state index >= 15 is 0 Å². The van der Waals surface area contributed by atoms with Crippen molar-refractivity contribution in [1.29, 1.82) is 0 Å². The van der Waals surface area contributed by atoms with Gasteiger partial charge in [-0.25, -0.2) is 4.98 Å². The highest BCUT2D eigenvalue weighted by Gasteiger charge is 2.05. The third-order valence-corrected chi connectivity index (χ3v) is 3.08. The number of hydrogen-bond donors (Lipinski definition) is 0. The van der Waals surface area contributed by atoms with Crippen molar-refractivity contribution in [3.8, 4) is 0 Å². The Kier molecular flexibility index (Phi) is 1.59. The normalized spacial score (nSPS) is 11.5. The van der Waals surface area contributed by atoms with Gasteiger partial charge in [-0.05, 0) is 18.2 Å². The van der Waals surface area contributed by atoms with Crippen molar-refractivity contribution in [2.75, 3.05) is 0 Å². The molecule has 79 valence electrons. The van der Waals surface area contributed by atoms with Crippen molar-refractivity contribution in [3.05, 3.63) is 60.9 Å². The fourth-order valence-electron chi connectivity index (χ4n) is 2.29. The molecule has 0 aliphatic heterocycles. The second kappa shape index (κ2) is 3.08. The van der Waals surface area contributed by atoms with Crippen molar-refractivity contribution >= 4 is 27.3 Å². The lowest BCUT2D eigenvalue weighted by molar-refractivity contribution is 1.21. The van der Waals surface area contributed by atoms with Crippen LogP contribution >= 0.6 is 0 Å². The molecule has 0 fully saturated rings. The van der Waals surface area contributed by atoms with E-state index < -0.39 is 0 Å². The van der Waals surface area contributed by atoms with Crippen LogP contribution in [0.4, 0.5) is 0 Å². The minimum absolute atomic E-state index is 0.928. The van der Waals surface area contributed by atoms with Crippen LogP contribution in [0.25, 0.3) is 27.3 Å². The standard InChI is InChI=1S/C15H9N2/c1-2-6-13-11(5-1)9-12-10-17-8-4-3-7-14(17)15(12)16-13/h1-5,7-10H. The monoisotopic (exact) mass is 217 g/mol. The molecule has 0 amide bonds. The van der Waals surface area contributed by atoms with E-state index in [0.29, 0.717) is 0 Å². The van der Waals surface area contributed by atoms with Crippen LogP contribution < -0.4 is 0 Å². The van der Waals surface area contributed by atoms with Gasteiger partial charge in [-0.3, -0.25) is 0 Å². The molecular weight excluding hydrogens is 208 g/mol. The summed E-state index contributed by atoms with van der Waals surface area (Å²) in [6, 6.07) is 17.5. The Bertz CT molecular complexity index is 837. The summed E-state index contributed by atoms with van der Waals surface area (Å²) in [6.45, 7) is 0. The van der Waals surface area contributed by atoms with Gasteiger partial charge in [-0.1, -0.05) is 24.3 Å². The minimum Gasteiger partial charge on any atom is -0.321 e. The van der Waals surface area contributed by atoms with E-state index in [4.69, 9.17) is 0 Å². The molecule has 0 spiro atoms. The number of aromatic nitrogens is 2. The lowest BCUT2D eigenvalue weighted by Gasteiger charge is -1.96. The first-order chi connectivity index (χ1) is 8.42. The number of fused-ring (bicyclic) bond motifs is 4. The number of hydrogen-bond acceptors (Lipinski definition) is 1. The number of nitrogens with zero attached hydrogens (tertiary/aromatic N) is 2. The SMILES string of the molecule is [c]1cccc2cc3cn4ccccc4c3nc12. The van der Waals surface area contributed by atoms with Gasteiger partial charge in [0.15, 0.2) is 0 Å². The average molecular weight is 217 g/mol. The van der Waals surface area contributed by atoms with Crippen molar-refractivity contribution in [2.24, 2.45) is 0 Å². The summed E-state index contributed by atoms with van der Waals surface area (Å²) in [5, 5.41) is 2.30. The van der Waals surface area contributed by atoms with E-state index in [2.05, 4.69) is 39.8 Å². The summed E-state index contributed by atoms with van der Waals surface area (Å²) in [7, 11) is 0. The lowest BCUT2D eigenvalue weighted by Crippen LogP contribution is -1.80. The first kappa shape index (κ1) is 8.76. The summed E-state index contributed by atoms with van der Waals surface area (Å²) in [5.41, 5.74) is 3.11. The molecule has 2 heteroatoms. The van der Waals surface area contributed by atoms with E-state index in [1.807, 2.05) is 30.5 Å². The Morgan fingerprint density at radius 3 is 3.06 bits per heavy atom. The summed E-state index contributed by atoms with van der Waals surface area (Å²) >= 11 is 0. The molecule has 0 N–H and O–H groups in total. The van der Waals surface area contributed by atoms with Crippen molar-refractivity contribution in [2.45, 2.75) is 0 Å². The van der Waals surface area contributed by atoms with Gasteiger partial charge in [0.2, 0.25) is 0 Å². The molecule has 0 aliphatic rings. The van der Waals surface area contributed by atoms with E-state index in [9.17, 15) is 0 Å². The Labute approximate surface area is 98.1 Å². The summed E-state index contributed by atoms with van der Waals surface area (Å²) < 4.78 is 2.11. The molecule has 0 atom stereocenters. The fraction of sp³-hybridized carbons (Fsp3) is 0. The molecule has 2 nitrogen and oxygen atoms in total. The molecule has 0 unspecified atom stereocenters. The van der Waals surface area contributed by atoms with Crippen LogP contribution in [-0.4, -0.2) is 9.38 Å². The molecule has 3 aromatic heterocycles. The predicted octanol–water partition coefficient (Wildman–Crippen LogP) is 3.44. The predicted molar refractivity (Wildman–Crippen MR) is 69.0 cm³/mol. The van der Waals surface area contributed by atoms with Gasteiger partial charge in [0.25, 0.3) is 0 Å². The molecule has 17 heavy (non-hydrogen) atoms. The molecule has 0 saturated carbocycles. The summed E-state index contributed by atoms with van der Waals surface area (Å²) in [4.78, 5) is 4.69. The van der Waals surface area contributed by atoms with E-state index in [1.54, 1.807) is 0 Å². The van der Waals surface area contributed by atoms with Crippen molar-refractivity contribution < 1.29 is 0 Å². The van der Waals surface area contributed by atoms with Gasteiger partial charge >= 0.3 is 0 Å². The summed E-state index contributed by atoms with van der Waals surface area (Å²) in [6.07, 6.45) is 4.16. The van der Waals surface area contributed by atoms with Crippen LogP contribution in [0.2, 0.25) is 0 Å². The quantitative estimate of drug-likeness (QED) is 0.441. The molecule has 1 radical (unpaired) electrons. The molecule has 0 saturated heterocycles. The second-order valence-electron chi connectivity index (χ2n) is 4.16. The Balaban J connectivity index is 2.28. The van der Waals surface area contributed by atoms with Crippen LogP contribution in [0.5, 0.6) is 0 Å². The Morgan fingerprint density at radius 1 is 1.06 bits per heavy atom. The fourth-order valence-corrected chi connectivity index (χ4v) is 2.29. The second-order valence-corrected chi connectivity index (χ2v) is 4.16. The smallest absolute Gasteiger partial charge is 0.0964 e. The molecule has 1 aromatic carbocycles. The number of para-hydroxylation sites is 1. The number of benzene rings is 1. The highest BCUT2D eigenvalue weighted by molar-refractivity contribution is 6.00. The van der Waals surface area contributed by atoms with Crippen LogP contribution in [0.15, 0.2) is 54.9 Å². The lowest BCUT2D eigenvalue weighted by atomic mass is 10.2. The Morgan fingerprint density at radius 2 is 2.06 bits per heavy atom. The van der Waals surface area contributed by atoms with Crippen LogP contribution in [0, 0.1) is 6.07 Å². The molecular formula is C15H9N2. The van der Waals surface area contributed by atoms with Gasteiger partial charge in [-0.2, -0.15) is 0 Å². The third-order valence-electron chi connectivity index (χ3n) is 3.08. The highest BCUT2D eigenvalue weighted by Crippen LogP contribution is 2.24. The van der Waals surface area contributed by atoms with Crippen LogP contribution in [0.3, 0.4) is 0 Å². The van der Waals surface area contributed by atoms with E-state index in [1.165, 1.54) is 5.39 Å². The molecule has 4 rings (SSSR count). The maximum absolute atomic E-state index is 4.69. The molecule has 0 bridgehead atoms. The highest BCUT2D eigenvalue weighted by atomic mass is 14.9. The first-order valence-electron chi connectivity index (χ1n) is 5.59. The zero-order valence-corrected chi connectivity index (χ0v) is 9.09. The molecule has 4 aromatic rings. The molecule has 0 aliphatic carbocycles. The van der Waals surface area contributed by atoms with E-state index in [0.717, 1.165) is 21.9 Å². The van der Waals surface area contributed by atoms with Crippen molar-refractivity contribution in [1.82, 2.24) is 9.38 Å². The largest absolute Gasteiger partial charge is 0.321 e. The molecule has 3 heterocycles.